The van der Waals surface area contributed by atoms with Gasteiger partial charge in [-0.2, -0.15) is 0 Å². The Labute approximate surface area is 406 Å². The maximum Gasteiger partial charge on any atom is 0.407 e. The molecule has 3 aliphatic heterocycles. The van der Waals surface area contributed by atoms with Crippen LogP contribution in [0.4, 0.5) is 15.3 Å². The summed E-state index contributed by atoms with van der Waals surface area (Å²) in [5, 5.41) is 5.46. The van der Waals surface area contributed by atoms with Crippen LogP contribution in [0.5, 0.6) is 0 Å². The van der Waals surface area contributed by atoms with Crippen LogP contribution >= 0.6 is 0 Å². The van der Waals surface area contributed by atoms with Crippen molar-refractivity contribution in [1.29, 1.82) is 0 Å². The molecule has 3 saturated heterocycles. The minimum atomic E-state index is -0.695. The molecule has 0 radical (unpaired) electrons. The highest BCUT2D eigenvalue weighted by molar-refractivity contribution is 5.87. The minimum Gasteiger partial charge on any atom is -0.453 e. The SMILES string of the molecule is COC(=O)N[C@H](C(=O)N1CCC[C@H]1c1ncc(-c2ccc([C@H]3CC[C@@H](c4ccc(-c5cnc([C@@H]6CCCN6C(=O)[C@@H](NC(=O)OC)C(C)C)[nH]5)cc4)N3c3ccc(C(C)(C)C)cc3)cc2)[nH]1)C(C)C. The van der Waals surface area contributed by atoms with Gasteiger partial charge in [-0.25, -0.2) is 19.6 Å². The Morgan fingerprint density at radius 1 is 0.594 bits per heavy atom. The second kappa shape index (κ2) is 20.5. The van der Waals surface area contributed by atoms with E-state index >= 15 is 0 Å². The maximum atomic E-state index is 13.8. The van der Waals surface area contributed by atoms with E-state index in [0.29, 0.717) is 13.1 Å². The number of amides is 4. The highest BCUT2D eigenvalue weighted by Crippen LogP contribution is 2.48. The molecule has 15 heteroatoms. The number of methoxy groups -OCH3 is 2. The molecule has 8 rings (SSSR count). The molecular formula is C54H69N9O6. The van der Waals surface area contributed by atoms with Crippen molar-refractivity contribution in [2.24, 2.45) is 11.8 Å². The summed E-state index contributed by atoms with van der Waals surface area (Å²) >= 11 is 0. The van der Waals surface area contributed by atoms with Crippen molar-refractivity contribution >= 4 is 29.7 Å². The number of imidazole rings is 2. The standard InChI is InChI=1S/C54H69N9O6/c1-32(2)46(59-52(66)68-8)50(64)61-28-10-12-44(61)48-55-30-40(57-48)34-14-18-36(19-15-34)42-26-27-43(63(42)39-24-22-38(23-25-39)54(5,6)7)37-20-16-35(17-21-37)41-31-56-49(58-41)45-13-11-29-62(45)51(65)47(33(3)4)60-53(67)69-9/h14-25,30-33,42-47H,10-13,26-29H2,1-9H3,(H,55,57)(H,56,58)(H,59,66)(H,60,67)/t42-,43+,44-,45-,46-,47-/m0/s1. The van der Waals surface area contributed by atoms with E-state index < -0.39 is 24.3 Å². The zero-order chi connectivity index (χ0) is 49.1. The molecule has 366 valence electrons. The molecule has 0 unspecified atom stereocenters. The summed E-state index contributed by atoms with van der Waals surface area (Å²) in [6.07, 6.45) is 7.66. The second-order valence-electron chi connectivity index (χ2n) is 20.5. The zero-order valence-corrected chi connectivity index (χ0v) is 41.5. The van der Waals surface area contributed by atoms with Crippen LogP contribution in [0.3, 0.4) is 0 Å². The van der Waals surface area contributed by atoms with Gasteiger partial charge in [-0.1, -0.05) is 109 Å². The molecular weight excluding hydrogens is 871 g/mol. The lowest BCUT2D eigenvalue weighted by atomic mass is 9.87. The van der Waals surface area contributed by atoms with Gasteiger partial charge in [-0.3, -0.25) is 9.59 Å². The topological polar surface area (TPSA) is 178 Å². The molecule has 2 aromatic heterocycles. The van der Waals surface area contributed by atoms with Crippen molar-refractivity contribution in [3.63, 3.8) is 0 Å². The Morgan fingerprint density at radius 3 is 1.36 bits per heavy atom. The fraction of sp³-hybridized carbons (Fsp3) is 0.481. The number of nitrogens with zero attached hydrogens (tertiary/aromatic N) is 5. The summed E-state index contributed by atoms with van der Waals surface area (Å²) in [6.45, 7) is 15.6. The number of aromatic nitrogens is 4. The maximum absolute atomic E-state index is 13.8. The highest BCUT2D eigenvalue weighted by Gasteiger charge is 2.40. The number of nitrogens with one attached hydrogen (secondary N) is 4. The van der Waals surface area contributed by atoms with E-state index in [-0.39, 0.29) is 53.2 Å². The number of hydrogen-bond acceptors (Lipinski definition) is 9. The smallest absolute Gasteiger partial charge is 0.407 e. The average molecular weight is 940 g/mol. The van der Waals surface area contributed by atoms with E-state index in [0.717, 1.165) is 72.7 Å². The number of H-pyrrole nitrogens is 2. The molecule has 5 aromatic rings. The normalized spacial score (nSPS) is 20.4. The lowest BCUT2D eigenvalue weighted by molar-refractivity contribution is -0.136. The number of aromatic amines is 2. The third-order valence-corrected chi connectivity index (χ3v) is 14.3. The van der Waals surface area contributed by atoms with Crippen LogP contribution in [0.2, 0.25) is 0 Å². The Hall–Kier alpha value is -6.64. The Morgan fingerprint density at radius 2 is 1.00 bits per heavy atom. The van der Waals surface area contributed by atoms with E-state index in [1.165, 1.54) is 36.6 Å². The quantitative estimate of drug-likeness (QED) is 0.0895. The summed E-state index contributed by atoms with van der Waals surface area (Å²) in [4.78, 5) is 74.6. The number of hydrogen-bond donors (Lipinski definition) is 4. The first-order valence-corrected chi connectivity index (χ1v) is 24.6. The Bertz CT molecular complexity index is 2430. The van der Waals surface area contributed by atoms with Gasteiger partial charge in [-0.05, 0) is 95.7 Å². The van der Waals surface area contributed by atoms with Gasteiger partial charge in [0, 0.05) is 18.8 Å². The number of carbonyl (C=O) groups is 4. The second-order valence-corrected chi connectivity index (χ2v) is 20.5. The number of carbonyl (C=O) groups excluding carboxylic acids is 4. The van der Waals surface area contributed by atoms with Crippen LogP contribution in [-0.2, 0) is 24.5 Å². The summed E-state index contributed by atoms with van der Waals surface area (Å²) in [5.41, 5.74) is 8.74. The van der Waals surface area contributed by atoms with E-state index in [9.17, 15) is 19.2 Å². The summed E-state index contributed by atoms with van der Waals surface area (Å²) < 4.78 is 9.62. The van der Waals surface area contributed by atoms with Gasteiger partial charge in [0.15, 0.2) is 0 Å². The molecule has 3 fully saturated rings. The molecule has 4 N–H and O–H groups in total. The fourth-order valence-electron chi connectivity index (χ4n) is 10.4. The first-order chi connectivity index (χ1) is 33.1. The predicted molar refractivity (Wildman–Crippen MR) is 266 cm³/mol. The van der Waals surface area contributed by atoms with Crippen molar-refractivity contribution in [2.75, 3.05) is 32.2 Å². The Balaban J connectivity index is 1.00. The minimum absolute atomic E-state index is 0.0284. The van der Waals surface area contributed by atoms with Crippen molar-refractivity contribution in [3.05, 3.63) is 114 Å². The van der Waals surface area contributed by atoms with E-state index in [4.69, 9.17) is 19.4 Å². The Kier molecular flexibility index (Phi) is 14.5. The van der Waals surface area contributed by atoms with Gasteiger partial charge in [0.05, 0.1) is 62.2 Å². The fourth-order valence-corrected chi connectivity index (χ4v) is 10.4. The largest absolute Gasteiger partial charge is 0.453 e. The van der Waals surface area contributed by atoms with Crippen LogP contribution in [0.25, 0.3) is 22.5 Å². The molecule has 0 saturated carbocycles. The van der Waals surface area contributed by atoms with Crippen molar-refractivity contribution in [1.82, 2.24) is 40.4 Å². The van der Waals surface area contributed by atoms with Crippen LogP contribution < -0.4 is 15.5 Å². The molecule has 6 atom stereocenters. The number of anilines is 1. The predicted octanol–water partition coefficient (Wildman–Crippen LogP) is 9.94. The van der Waals surface area contributed by atoms with Gasteiger partial charge in [0.2, 0.25) is 11.8 Å². The average Bonchev–Trinajstić information content (AvgIpc) is 4.21. The van der Waals surface area contributed by atoms with Crippen LogP contribution in [-0.4, -0.2) is 93.1 Å². The summed E-state index contributed by atoms with van der Waals surface area (Å²) in [5.74, 6) is 0.986. The first kappa shape index (κ1) is 48.8. The summed E-state index contributed by atoms with van der Waals surface area (Å²) in [7, 11) is 2.60. The molecule has 0 spiro atoms. The number of alkyl carbamates (subject to hydrolysis) is 2. The number of rotatable bonds is 13. The summed E-state index contributed by atoms with van der Waals surface area (Å²) in [6, 6.07) is 25.1. The van der Waals surface area contributed by atoms with Crippen LogP contribution in [0, 0.1) is 11.8 Å². The van der Waals surface area contributed by atoms with Gasteiger partial charge in [0.1, 0.15) is 23.7 Å². The van der Waals surface area contributed by atoms with E-state index in [1.54, 1.807) is 0 Å². The lowest BCUT2D eigenvalue weighted by Gasteiger charge is -2.34. The third-order valence-electron chi connectivity index (χ3n) is 14.3. The molecule has 69 heavy (non-hydrogen) atoms. The van der Waals surface area contributed by atoms with Crippen LogP contribution in [0.15, 0.2) is 85.2 Å². The highest BCUT2D eigenvalue weighted by atomic mass is 16.5. The first-order valence-electron chi connectivity index (χ1n) is 24.6. The molecule has 3 aliphatic rings. The lowest BCUT2D eigenvalue weighted by Crippen LogP contribution is -2.51. The number of likely N-dealkylation sites (tertiary alicyclic amines) is 2. The molecule has 5 heterocycles. The van der Waals surface area contributed by atoms with Gasteiger partial charge in [0.25, 0.3) is 0 Å². The van der Waals surface area contributed by atoms with E-state index in [1.807, 2.05) is 49.9 Å². The molecule has 0 bridgehead atoms. The number of benzene rings is 3. The van der Waals surface area contributed by atoms with Crippen molar-refractivity contribution in [2.45, 2.75) is 129 Å². The zero-order valence-electron chi connectivity index (χ0n) is 41.5. The van der Waals surface area contributed by atoms with Gasteiger partial charge in [-0.15, -0.1) is 0 Å². The number of ether oxygens (including phenoxy) is 2. The molecule has 4 amide bonds. The molecule has 15 nitrogen and oxygen atoms in total. The third kappa shape index (κ3) is 10.4. The molecule has 0 aliphatic carbocycles. The monoisotopic (exact) mass is 940 g/mol. The van der Waals surface area contributed by atoms with Crippen molar-refractivity contribution in [3.8, 4) is 22.5 Å². The van der Waals surface area contributed by atoms with Gasteiger partial charge >= 0.3 is 12.2 Å². The van der Waals surface area contributed by atoms with E-state index in [2.05, 4.69) is 119 Å². The van der Waals surface area contributed by atoms with Gasteiger partial charge < -0.3 is 44.8 Å². The van der Waals surface area contributed by atoms with Crippen LogP contribution in [0.1, 0.15) is 139 Å². The van der Waals surface area contributed by atoms with Crippen molar-refractivity contribution < 1.29 is 28.7 Å². The molecule has 3 aromatic carbocycles.